The van der Waals surface area contributed by atoms with Gasteiger partial charge in [-0.25, -0.2) is 0 Å². The number of aromatic amines is 2. The highest BCUT2D eigenvalue weighted by molar-refractivity contribution is 5.97. The highest BCUT2D eigenvalue weighted by atomic mass is 16.5. The number of rotatable bonds is 6. The van der Waals surface area contributed by atoms with Crippen LogP contribution in [0.2, 0.25) is 0 Å². The van der Waals surface area contributed by atoms with Gasteiger partial charge in [-0.2, -0.15) is 5.10 Å². The molecule has 26 heavy (non-hydrogen) atoms. The molecular formula is C20H18N4O2. The van der Waals surface area contributed by atoms with E-state index in [1.54, 1.807) is 0 Å². The zero-order valence-electron chi connectivity index (χ0n) is 14.1. The van der Waals surface area contributed by atoms with E-state index in [1.807, 2.05) is 48.5 Å². The van der Waals surface area contributed by atoms with Crippen molar-refractivity contribution in [2.45, 2.75) is 0 Å². The summed E-state index contributed by atoms with van der Waals surface area (Å²) in [7, 11) is 0. The number of aromatic nitrogens is 3. The molecule has 3 N–H and O–H groups in total. The Balaban J connectivity index is 1.61. The lowest BCUT2D eigenvalue weighted by atomic mass is 10.1. The summed E-state index contributed by atoms with van der Waals surface area (Å²) in [6.45, 7) is 4.22. The summed E-state index contributed by atoms with van der Waals surface area (Å²) in [5.74, 6) is 0.554. The average molecular weight is 346 g/mol. The first-order valence-corrected chi connectivity index (χ1v) is 8.34. The van der Waals surface area contributed by atoms with Crippen LogP contribution in [-0.2, 0) is 4.79 Å². The van der Waals surface area contributed by atoms with Gasteiger partial charge in [0.15, 0.2) is 0 Å². The number of benzene rings is 2. The van der Waals surface area contributed by atoms with Gasteiger partial charge in [-0.1, -0.05) is 30.8 Å². The second-order valence-electron chi connectivity index (χ2n) is 5.86. The molecule has 130 valence electrons. The fourth-order valence-corrected chi connectivity index (χ4v) is 2.96. The minimum absolute atomic E-state index is 0.207. The quantitative estimate of drug-likeness (QED) is 0.370. The Hall–Kier alpha value is -3.54. The normalized spacial score (nSPS) is 10.9. The second-order valence-corrected chi connectivity index (χ2v) is 5.86. The number of hydrogen-bond donors (Lipinski definition) is 3. The number of amides is 1. The van der Waals surface area contributed by atoms with Gasteiger partial charge in [0.1, 0.15) is 18.1 Å². The zero-order chi connectivity index (χ0) is 17.9. The molecule has 6 nitrogen and oxygen atoms in total. The Kier molecular flexibility index (Phi) is 4.15. The smallest absolute Gasteiger partial charge is 0.243 e. The first kappa shape index (κ1) is 16.0. The number of ether oxygens (including phenoxy) is 1. The molecule has 0 saturated carbocycles. The van der Waals surface area contributed by atoms with E-state index in [0.717, 1.165) is 38.9 Å². The molecule has 0 bridgehead atoms. The molecule has 2 aromatic carbocycles. The summed E-state index contributed by atoms with van der Waals surface area (Å²) >= 11 is 0. The van der Waals surface area contributed by atoms with Gasteiger partial charge in [0, 0.05) is 16.3 Å². The number of para-hydroxylation sites is 1. The van der Waals surface area contributed by atoms with Gasteiger partial charge < -0.3 is 15.0 Å². The minimum Gasteiger partial charge on any atom is -0.491 e. The van der Waals surface area contributed by atoms with Crippen LogP contribution in [0.1, 0.15) is 0 Å². The van der Waals surface area contributed by atoms with E-state index in [2.05, 4.69) is 27.1 Å². The highest BCUT2D eigenvalue weighted by Crippen LogP contribution is 2.32. The Labute approximate surface area is 149 Å². The van der Waals surface area contributed by atoms with Crippen LogP contribution in [0.25, 0.3) is 33.2 Å². The maximum absolute atomic E-state index is 11.2. The fraction of sp³-hybridized carbons (Fsp3) is 0.100. The van der Waals surface area contributed by atoms with Crippen LogP contribution in [0.15, 0.2) is 61.2 Å². The van der Waals surface area contributed by atoms with Crippen LogP contribution in [0.3, 0.4) is 0 Å². The van der Waals surface area contributed by atoms with Gasteiger partial charge in [-0.3, -0.25) is 9.89 Å². The number of nitrogens with zero attached hydrogens (tertiary/aromatic N) is 1. The Morgan fingerprint density at radius 1 is 1.15 bits per heavy atom. The summed E-state index contributed by atoms with van der Waals surface area (Å²) in [4.78, 5) is 14.6. The Bertz CT molecular complexity index is 1090. The highest BCUT2D eigenvalue weighted by Gasteiger charge is 2.12. The van der Waals surface area contributed by atoms with Crippen LogP contribution in [0.4, 0.5) is 0 Å². The van der Waals surface area contributed by atoms with Crippen LogP contribution in [0.5, 0.6) is 5.75 Å². The van der Waals surface area contributed by atoms with Gasteiger partial charge >= 0.3 is 0 Å². The van der Waals surface area contributed by atoms with E-state index < -0.39 is 0 Å². The molecule has 0 spiro atoms. The van der Waals surface area contributed by atoms with Crippen LogP contribution in [-0.4, -0.2) is 34.2 Å². The molecule has 4 aromatic rings. The van der Waals surface area contributed by atoms with E-state index >= 15 is 0 Å². The Morgan fingerprint density at radius 2 is 2.00 bits per heavy atom. The maximum Gasteiger partial charge on any atom is 0.243 e. The molecule has 0 aliphatic rings. The second kappa shape index (κ2) is 6.76. The molecule has 0 fully saturated rings. The van der Waals surface area contributed by atoms with Crippen molar-refractivity contribution in [1.29, 1.82) is 0 Å². The number of hydrogen-bond acceptors (Lipinski definition) is 3. The molecule has 0 unspecified atom stereocenters. The van der Waals surface area contributed by atoms with Crippen molar-refractivity contribution < 1.29 is 9.53 Å². The van der Waals surface area contributed by atoms with Crippen molar-refractivity contribution in [3.63, 3.8) is 0 Å². The summed E-state index contributed by atoms with van der Waals surface area (Å²) in [6.07, 6.45) is 1.24. The van der Waals surface area contributed by atoms with Crippen molar-refractivity contribution in [2.24, 2.45) is 0 Å². The summed E-state index contributed by atoms with van der Waals surface area (Å²) in [5.41, 5.74) is 3.77. The zero-order valence-corrected chi connectivity index (χ0v) is 14.1. The van der Waals surface area contributed by atoms with Gasteiger partial charge in [0.05, 0.1) is 17.8 Å². The van der Waals surface area contributed by atoms with Crippen LogP contribution >= 0.6 is 0 Å². The standard InChI is InChI=1S/C20H18N4O2/c1-2-19(25)21-10-11-26-18-9-5-8-15-14(18)12-17(22-15)20-13-6-3-4-7-16(13)23-24-20/h2-9,12,22H,1,10-11H2,(H,21,25)(H,23,24). The van der Waals surface area contributed by atoms with Crippen molar-refractivity contribution in [2.75, 3.05) is 13.2 Å². The third-order valence-electron chi connectivity index (χ3n) is 4.19. The van der Waals surface area contributed by atoms with Gasteiger partial charge in [-0.15, -0.1) is 0 Å². The van der Waals surface area contributed by atoms with E-state index in [0.29, 0.717) is 13.2 Å². The first-order chi connectivity index (χ1) is 12.8. The number of fused-ring (bicyclic) bond motifs is 2. The van der Waals surface area contributed by atoms with Crippen molar-refractivity contribution in [1.82, 2.24) is 20.5 Å². The third-order valence-corrected chi connectivity index (χ3v) is 4.19. The molecule has 0 aliphatic carbocycles. The molecule has 4 rings (SSSR count). The number of nitrogens with one attached hydrogen (secondary N) is 3. The van der Waals surface area contributed by atoms with Gasteiger partial charge in [0.25, 0.3) is 0 Å². The Morgan fingerprint density at radius 3 is 2.88 bits per heavy atom. The molecule has 2 aromatic heterocycles. The maximum atomic E-state index is 11.2. The molecule has 1 amide bonds. The van der Waals surface area contributed by atoms with Crippen molar-refractivity contribution in [3.8, 4) is 17.1 Å². The summed E-state index contributed by atoms with van der Waals surface area (Å²) in [5, 5.41) is 12.2. The van der Waals surface area contributed by atoms with E-state index in [1.165, 1.54) is 6.08 Å². The SMILES string of the molecule is C=CC(=O)NCCOc1cccc2[nH]c(-c3n[nH]c4ccccc34)cc12. The fourth-order valence-electron chi connectivity index (χ4n) is 2.96. The molecule has 2 heterocycles. The lowest BCUT2D eigenvalue weighted by Crippen LogP contribution is -2.26. The number of carbonyl (C=O) groups excluding carboxylic acids is 1. The van der Waals surface area contributed by atoms with Crippen molar-refractivity contribution in [3.05, 3.63) is 61.2 Å². The topological polar surface area (TPSA) is 82.8 Å². The van der Waals surface area contributed by atoms with E-state index in [9.17, 15) is 4.79 Å². The van der Waals surface area contributed by atoms with E-state index in [4.69, 9.17) is 4.74 Å². The lowest BCUT2D eigenvalue weighted by molar-refractivity contribution is -0.116. The monoisotopic (exact) mass is 346 g/mol. The predicted octanol–water partition coefficient (Wildman–Crippen LogP) is 3.39. The van der Waals surface area contributed by atoms with E-state index in [-0.39, 0.29) is 5.91 Å². The molecule has 0 saturated heterocycles. The molecule has 0 aliphatic heterocycles. The molecular weight excluding hydrogens is 328 g/mol. The summed E-state index contributed by atoms with van der Waals surface area (Å²) < 4.78 is 5.84. The van der Waals surface area contributed by atoms with Crippen molar-refractivity contribution >= 4 is 27.7 Å². The first-order valence-electron chi connectivity index (χ1n) is 8.34. The average Bonchev–Trinajstić information content (AvgIpc) is 3.28. The molecule has 6 heteroatoms. The summed E-state index contributed by atoms with van der Waals surface area (Å²) in [6, 6.07) is 15.9. The number of carbonyl (C=O) groups is 1. The van der Waals surface area contributed by atoms with Crippen LogP contribution < -0.4 is 10.1 Å². The number of H-pyrrole nitrogens is 2. The van der Waals surface area contributed by atoms with Crippen LogP contribution in [0, 0.1) is 0 Å². The molecule has 0 radical (unpaired) electrons. The minimum atomic E-state index is -0.207. The predicted molar refractivity (Wildman–Crippen MR) is 102 cm³/mol. The van der Waals surface area contributed by atoms with Gasteiger partial charge in [0.2, 0.25) is 5.91 Å². The largest absolute Gasteiger partial charge is 0.491 e. The van der Waals surface area contributed by atoms with Gasteiger partial charge in [-0.05, 0) is 30.3 Å². The third kappa shape index (κ3) is 2.93. The molecule has 0 atom stereocenters. The lowest BCUT2D eigenvalue weighted by Gasteiger charge is -2.07.